The number of halogens is 1. The van der Waals surface area contributed by atoms with Crippen LogP contribution in [0.2, 0.25) is 5.02 Å². The maximum atomic E-state index is 6.63. The van der Waals surface area contributed by atoms with Crippen molar-refractivity contribution in [3.05, 3.63) is 108 Å². The maximum Gasteiger partial charge on any atom is 0.0426 e. The minimum atomic E-state index is 0.782. The summed E-state index contributed by atoms with van der Waals surface area (Å²) in [5.41, 5.74) is 3.69. The Kier molecular flexibility index (Phi) is 4.08. The molecule has 7 aromatic rings. The summed E-state index contributed by atoms with van der Waals surface area (Å²) in [5, 5.41) is 11.1. The van der Waals surface area contributed by atoms with E-state index in [2.05, 4.69) is 104 Å². The van der Waals surface area contributed by atoms with E-state index in [9.17, 15) is 0 Å². The lowest BCUT2D eigenvalue weighted by atomic mass is 9.91. The van der Waals surface area contributed by atoms with E-state index >= 15 is 0 Å². The molecule has 7 rings (SSSR count). The van der Waals surface area contributed by atoms with Crippen LogP contribution < -0.4 is 0 Å². The number of rotatable bonds is 1. The summed E-state index contributed by atoms with van der Waals surface area (Å²) in [6.07, 6.45) is 0. The van der Waals surface area contributed by atoms with Crippen LogP contribution in [0.25, 0.3) is 63.6 Å². The second-order valence-corrected chi connectivity index (χ2v) is 10.3. The van der Waals surface area contributed by atoms with Crippen LogP contribution in [-0.4, -0.2) is 0 Å². The minimum absolute atomic E-state index is 0.782. The van der Waals surface area contributed by atoms with Gasteiger partial charge < -0.3 is 0 Å². The summed E-state index contributed by atoms with van der Waals surface area (Å²) in [4.78, 5) is 0. The highest BCUT2D eigenvalue weighted by Crippen LogP contribution is 2.44. The first-order chi connectivity index (χ1) is 16.2. The highest BCUT2D eigenvalue weighted by atomic mass is 35.5. The van der Waals surface area contributed by atoms with E-state index in [4.69, 9.17) is 11.6 Å². The molecule has 0 fully saturated rings. The molecular formula is C31H19ClS. The van der Waals surface area contributed by atoms with Crippen LogP contribution >= 0.6 is 22.9 Å². The van der Waals surface area contributed by atoms with E-state index in [0.29, 0.717) is 0 Å². The Morgan fingerprint density at radius 3 is 1.85 bits per heavy atom. The first kappa shape index (κ1) is 19.1. The summed E-state index contributed by atoms with van der Waals surface area (Å²) in [7, 11) is 0. The topological polar surface area (TPSA) is 0 Å². The highest BCUT2D eigenvalue weighted by Gasteiger charge is 2.15. The van der Waals surface area contributed by atoms with Gasteiger partial charge in [-0.15, -0.1) is 11.3 Å². The zero-order valence-corrected chi connectivity index (χ0v) is 19.6. The summed E-state index contributed by atoms with van der Waals surface area (Å²) in [5.74, 6) is 0. The van der Waals surface area contributed by atoms with E-state index in [1.165, 1.54) is 69.2 Å². The lowest BCUT2D eigenvalue weighted by molar-refractivity contribution is 1.52. The zero-order valence-electron chi connectivity index (χ0n) is 18.0. The Morgan fingerprint density at radius 1 is 0.545 bits per heavy atom. The van der Waals surface area contributed by atoms with Gasteiger partial charge in [0.15, 0.2) is 0 Å². The summed E-state index contributed by atoms with van der Waals surface area (Å²) in [6.45, 7) is 2.15. The number of aryl methyl sites for hydroxylation is 1. The quantitative estimate of drug-likeness (QED) is 0.214. The summed E-state index contributed by atoms with van der Waals surface area (Å²) < 4.78 is 2.55. The minimum Gasteiger partial charge on any atom is -0.135 e. The molecule has 0 aliphatic heterocycles. The zero-order chi connectivity index (χ0) is 22.1. The van der Waals surface area contributed by atoms with Crippen LogP contribution in [0.5, 0.6) is 0 Å². The van der Waals surface area contributed by atoms with Crippen LogP contribution in [0, 0.1) is 6.92 Å². The Morgan fingerprint density at radius 2 is 1.15 bits per heavy atom. The molecule has 0 aliphatic rings. The van der Waals surface area contributed by atoms with Gasteiger partial charge >= 0.3 is 0 Å². The van der Waals surface area contributed by atoms with E-state index in [1.807, 2.05) is 11.3 Å². The molecule has 0 saturated heterocycles. The lowest BCUT2D eigenvalue weighted by Gasteiger charge is -2.13. The van der Waals surface area contributed by atoms with E-state index in [-0.39, 0.29) is 0 Å². The SMILES string of the molecule is Cc1ccc2c(c1)sc1cc(Cl)cc(-c3ccc4c5ccccc5c5ccccc5c4c3)c12. The van der Waals surface area contributed by atoms with Crippen molar-refractivity contribution in [2.24, 2.45) is 0 Å². The Hall–Kier alpha value is -3.39. The number of hydrogen-bond acceptors (Lipinski definition) is 1. The second-order valence-electron chi connectivity index (χ2n) is 8.78. The normalized spacial score (nSPS) is 11.9. The van der Waals surface area contributed by atoms with Crippen molar-refractivity contribution in [2.75, 3.05) is 0 Å². The van der Waals surface area contributed by atoms with Gasteiger partial charge in [0.05, 0.1) is 0 Å². The molecule has 0 spiro atoms. The Labute approximate surface area is 200 Å². The maximum absolute atomic E-state index is 6.63. The molecule has 0 N–H and O–H groups in total. The molecule has 6 aromatic carbocycles. The van der Waals surface area contributed by atoms with Gasteiger partial charge in [-0.1, -0.05) is 84.4 Å². The Balaban J connectivity index is 1.62. The fourth-order valence-corrected chi connectivity index (χ4v) is 6.83. The number of hydrogen-bond donors (Lipinski definition) is 0. The molecule has 33 heavy (non-hydrogen) atoms. The molecule has 2 heteroatoms. The number of fused-ring (bicyclic) bond motifs is 9. The monoisotopic (exact) mass is 458 g/mol. The first-order valence-corrected chi connectivity index (χ1v) is 12.3. The first-order valence-electron chi connectivity index (χ1n) is 11.1. The van der Waals surface area contributed by atoms with Crippen molar-refractivity contribution in [3.8, 4) is 11.1 Å². The third-order valence-electron chi connectivity index (χ3n) is 6.75. The van der Waals surface area contributed by atoms with Gasteiger partial charge in [0, 0.05) is 25.2 Å². The molecule has 0 bridgehead atoms. The van der Waals surface area contributed by atoms with Crippen LogP contribution in [-0.2, 0) is 0 Å². The third-order valence-corrected chi connectivity index (χ3v) is 8.07. The number of thiophene rings is 1. The van der Waals surface area contributed by atoms with Crippen LogP contribution in [0.1, 0.15) is 5.56 Å². The second kappa shape index (κ2) is 7.05. The molecule has 1 aromatic heterocycles. The molecular weight excluding hydrogens is 440 g/mol. The average Bonchev–Trinajstić information content (AvgIpc) is 3.20. The predicted molar refractivity (Wildman–Crippen MR) is 147 cm³/mol. The molecule has 0 atom stereocenters. The predicted octanol–water partition coefficient (Wildman–Crippen LogP) is 10.1. The summed E-state index contributed by atoms with van der Waals surface area (Å²) in [6, 6.07) is 35.3. The van der Waals surface area contributed by atoms with Crippen molar-refractivity contribution in [1.82, 2.24) is 0 Å². The van der Waals surface area contributed by atoms with Gasteiger partial charge in [-0.3, -0.25) is 0 Å². The van der Waals surface area contributed by atoms with Gasteiger partial charge in [0.25, 0.3) is 0 Å². The third kappa shape index (κ3) is 2.83. The molecule has 0 nitrogen and oxygen atoms in total. The highest BCUT2D eigenvalue weighted by molar-refractivity contribution is 7.26. The Bertz CT molecular complexity index is 1860. The molecule has 0 saturated carbocycles. The fourth-order valence-electron chi connectivity index (χ4n) is 5.28. The van der Waals surface area contributed by atoms with Gasteiger partial charge in [-0.25, -0.2) is 0 Å². The summed E-state index contributed by atoms with van der Waals surface area (Å²) >= 11 is 8.45. The van der Waals surface area contributed by atoms with Crippen molar-refractivity contribution >= 4 is 75.4 Å². The standard InChI is InChI=1S/C31H19ClS/c1-18-10-12-26-29(14-18)33-30-17-20(32)16-27(31(26)30)19-11-13-25-23-8-3-2-6-21(23)22-7-4-5-9-24(22)28(25)15-19/h2-17H,1H3. The van der Waals surface area contributed by atoms with Gasteiger partial charge in [-0.05, 0) is 80.2 Å². The largest absolute Gasteiger partial charge is 0.135 e. The van der Waals surface area contributed by atoms with Crippen LogP contribution in [0.4, 0.5) is 0 Å². The van der Waals surface area contributed by atoms with E-state index in [1.54, 1.807) is 0 Å². The fraction of sp³-hybridized carbons (Fsp3) is 0.0323. The molecule has 0 aliphatic carbocycles. The molecule has 1 heterocycles. The molecule has 156 valence electrons. The van der Waals surface area contributed by atoms with Crippen LogP contribution in [0.15, 0.2) is 97.1 Å². The van der Waals surface area contributed by atoms with Crippen LogP contribution in [0.3, 0.4) is 0 Å². The molecule has 0 unspecified atom stereocenters. The smallest absolute Gasteiger partial charge is 0.0426 e. The van der Waals surface area contributed by atoms with E-state index < -0.39 is 0 Å². The van der Waals surface area contributed by atoms with Crippen molar-refractivity contribution < 1.29 is 0 Å². The van der Waals surface area contributed by atoms with Crippen molar-refractivity contribution in [1.29, 1.82) is 0 Å². The van der Waals surface area contributed by atoms with Gasteiger partial charge in [0.2, 0.25) is 0 Å². The average molecular weight is 459 g/mol. The molecule has 0 amide bonds. The van der Waals surface area contributed by atoms with Gasteiger partial charge in [-0.2, -0.15) is 0 Å². The number of benzene rings is 6. The lowest BCUT2D eigenvalue weighted by Crippen LogP contribution is -1.86. The van der Waals surface area contributed by atoms with Crippen molar-refractivity contribution in [3.63, 3.8) is 0 Å². The van der Waals surface area contributed by atoms with E-state index in [0.717, 1.165) is 5.02 Å². The van der Waals surface area contributed by atoms with Crippen molar-refractivity contribution in [2.45, 2.75) is 6.92 Å². The molecule has 0 radical (unpaired) electrons. The van der Waals surface area contributed by atoms with Gasteiger partial charge in [0.1, 0.15) is 0 Å².